The summed E-state index contributed by atoms with van der Waals surface area (Å²) >= 11 is 0. The summed E-state index contributed by atoms with van der Waals surface area (Å²) in [5.41, 5.74) is 2.07. The predicted octanol–water partition coefficient (Wildman–Crippen LogP) is 3.37. The number of pyridine rings is 2. The Hall–Kier alpha value is -3.29. The van der Waals surface area contributed by atoms with Gasteiger partial charge in [-0.05, 0) is 29.0 Å². The van der Waals surface area contributed by atoms with E-state index in [1.165, 1.54) is 12.1 Å². The Morgan fingerprint density at radius 2 is 2.17 bits per heavy atom. The van der Waals surface area contributed by atoms with E-state index in [1.807, 2.05) is 17.8 Å². The van der Waals surface area contributed by atoms with Crippen molar-refractivity contribution in [2.45, 2.75) is 20.4 Å². The van der Waals surface area contributed by atoms with Gasteiger partial charge in [-0.2, -0.15) is 5.10 Å². The highest BCUT2D eigenvalue weighted by Gasteiger charge is 2.14. The van der Waals surface area contributed by atoms with Crippen LogP contribution in [0.4, 0.5) is 5.82 Å². The van der Waals surface area contributed by atoms with E-state index in [0.29, 0.717) is 17.2 Å². The van der Waals surface area contributed by atoms with E-state index in [9.17, 15) is 10.1 Å². The van der Waals surface area contributed by atoms with Crippen molar-refractivity contribution in [1.82, 2.24) is 19.7 Å². The van der Waals surface area contributed by atoms with Crippen LogP contribution in [0, 0.1) is 17.0 Å². The monoisotopic (exact) mass is 325 g/mol. The van der Waals surface area contributed by atoms with Gasteiger partial charge in [0.2, 0.25) is 0 Å². The van der Waals surface area contributed by atoms with Crippen molar-refractivity contribution >= 4 is 5.82 Å². The van der Waals surface area contributed by atoms with E-state index in [0.717, 1.165) is 17.8 Å². The first-order valence-electron chi connectivity index (χ1n) is 7.35. The van der Waals surface area contributed by atoms with Crippen molar-refractivity contribution in [3.8, 4) is 22.8 Å². The summed E-state index contributed by atoms with van der Waals surface area (Å²) in [6, 6.07) is 6.36. The number of nitrogens with zero attached hydrogens (tertiary/aromatic N) is 5. The highest BCUT2D eigenvalue weighted by Crippen LogP contribution is 2.28. The zero-order valence-electron chi connectivity index (χ0n) is 13.2. The van der Waals surface area contributed by atoms with Crippen molar-refractivity contribution in [1.29, 1.82) is 0 Å². The number of hydrogen-bond donors (Lipinski definition) is 0. The molecular formula is C16H15N5O3. The molecule has 0 saturated carbocycles. The fourth-order valence-electron chi connectivity index (χ4n) is 2.17. The standard InChI is InChI=1S/C16H15N5O3/c1-3-20-10-12(9-18-20)14-8-13(6-7-17-14)24-15-4-5-16(21(22)23)19-11(15)2/h4-10H,3H2,1-2H3. The second-order valence-corrected chi connectivity index (χ2v) is 5.07. The van der Waals surface area contributed by atoms with Crippen LogP contribution in [-0.2, 0) is 6.54 Å². The molecule has 0 aliphatic rings. The minimum absolute atomic E-state index is 0.206. The molecule has 0 aromatic carbocycles. The lowest BCUT2D eigenvalue weighted by atomic mass is 10.2. The summed E-state index contributed by atoms with van der Waals surface area (Å²) in [6.45, 7) is 4.45. The molecular weight excluding hydrogens is 310 g/mol. The van der Waals surface area contributed by atoms with Crippen molar-refractivity contribution in [3.05, 3.63) is 58.7 Å². The fourth-order valence-corrected chi connectivity index (χ4v) is 2.17. The molecule has 0 saturated heterocycles. The Kier molecular flexibility index (Phi) is 4.19. The van der Waals surface area contributed by atoms with E-state index in [4.69, 9.17) is 4.74 Å². The third-order valence-corrected chi connectivity index (χ3v) is 3.42. The van der Waals surface area contributed by atoms with Crippen molar-refractivity contribution in [2.75, 3.05) is 0 Å². The number of nitro groups is 1. The van der Waals surface area contributed by atoms with Gasteiger partial charge in [0.05, 0.1) is 11.9 Å². The normalized spacial score (nSPS) is 10.6. The molecule has 3 rings (SSSR count). The number of hydrogen-bond acceptors (Lipinski definition) is 6. The highest BCUT2D eigenvalue weighted by molar-refractivity contribution is 5.59. The van der Waals surface area contributed by atoms with Gasteiger partial charge in [0.25, 0.3) is 0 Å². The molecule has 0 amide bonds. The minimum Gasteiger partial charge on any atom is -0.453 e. The van der Waals surface area contributed by atoms with Crippen LogP contribution in [0.1, 0.15) is 12.6 Å². The van der Waals surface area contributed by atoms with Gasteiger partial charge in [-0.1, -0.05) is 0 Å². The molecule has 122 valence electrons. The first kappa shape index (κ1) is 15.6. The van der Waals surface area contributed by atoms with Gasteiger partial charge in [0.15, 0.2) is 11.4 Å². The quantitative estimate of drug-likeness (QED) is 0.527. The molecule has 0 bridgehead atoms. The van der Waals surface area contributed by atoms with Crippen molar-refractivity contribution < 1.29 is 9.66 Å². The van der Waals surface area contributed by atoms with Gasteiger partial charge in [-0.25, -0.2) is 0 Å². The zero-order valence-corrected chi connectivity index (χ0v) is 13.2. The number of rotatable bonds is 5. The Morgan fingerprint density at radius 3 is 2.83 bits per heavy atom. The molecule has 0 aliphatic carbocycles. The van der Waals surface area contributed by atoms with Crippen molar-refractivity contribution in [2.24, 2.45) is 0 Å². The van der Waals surface area contributed by atoms with E-state index in [1.54, 1.807) is 31.5 Å². The molecule has 0 aliphatic heterocycles. The molecule has 0 spiro atoms. The average Bonchev–Trinajstić information content (AvgIpc) is 3.06. The molecule has 3 aromatic heterocycles. The van der Waals surface area contributed by atoms with Crippen LogP contribution < -0.4 is 4.74 Å². The molecule has 0 radical (unpaired) electrons. The third-order valence-electron chi connectivity index (χ3n) is 3.42. The summed E-state index contributed by atoms with van der Waals surface area (Å²) in [5.74, 6) is 0.826. The maximum absolute atomic E-state index is 10.7. The maximum Gasteiger partial charge on any atom is 0.363 e. The molecule has 0 N–H and O–H groups in total. The molecule has 0 atom stereocenters. The SMILES string of the molecule is CCn1cc(-c2cc(Oc3ccc([N+](=O)[O-])nc3C)ccn2)cn1. The van der Waals surface area contributed by atoms with Crippen LogP contribution in [-0.4, -0.2) is 24.7 Å². The first-order valence-corrected chi connectivity index (χ1v) is 7.35. The molecule has 8 heteroatoms. The Balaban J connectivity index is 1.86. The summed E-state index contributed by atoms with van der Waals surface area (Å²) in [6.07, 6.45) is 5.29. The lowest BCUT2D eigenvalue weighted by molar-refractivity contribution is -0.389. The molecule has 0 fully saturated rings. The predicted molar refractivity (Wildman–Crippen MR) is 86.8 cm³/mol. The van der Waals surface area contributed by atoms with Crippen LogP contribution in [0.3, 0.4) is 0 Å². The first-order chi connectivity index (χ1) is 11.6. The zero-order chi connectivity index (χ0) is 17.1. The van der Waals surface area contributed by atoms with Crippen LogP contribution >= 0.6 is 0 Å². The molecule has 0 unspecified atom stereocenters. The Bertz CT molecular complexity index is 891. The minimum atomic E-state index is -0.535. The summed E-state index contributed by atoms with van der Waals surface area (Å²) < 4.78 is 7.60. The van der Waals surface area contributed by atoms with Crippen molar-refractivity contribution in [3.63, 3.8) is 0 Å². The van der Waals surface area contributed by atoms with E-state index in [2.05, 4.69) is 15.1 Å². The van der Waals surface area contributed by atoms with Crippen LogP contribution in [0.2, 0.25) is 0 Å². The number of aryl methyl sites for hydroxylation is 2. The molecule has 3 heterocycles. The van der Waals surface area contributed by atoms with E-state index < -0.39 is 4.92 Å². The second-order valence-electron chi connectivity index (χ2n) is 5.07. The van der Waals surface area contributed by atoms with Gasteiger partial charge in [0, 0.05) is 43.6 Å². The molecule has 8 nitrogen and oxygen atoms in total. The summed E-state index contributed by atoms with van der Waals surface area (Å²) in [5, 5.41) is 15.0. The number of aromatic nitrogens is 4. The average molecular weight is 325 g/mol. The molecule has 3 aromatic rings. The van der Waals surface area contributed by atoms with Gasteiger partial charge < -0.3 is 14.9 Å². The Morgan fingerprint density at radius 1 is 1.33 bits per heavy atom. The summed E-state index contributed by atoms with van der Waals surface area (Å²) in [7, 11) is 0. The molecule has 24 heavy (non-hydrogen) atoms. The van der Waals surface area contributed by atoms with Crippen LogP contribution in [0.25, 0.3) is 11.3 Å². The van der Waals surface area contributed by atoms with Gasteiger partial charge in [-0.15, -0.1) is 0 Å². The fraction of sp³-hybridized carbons (Fsp3) is 0.188. The third kappa shape index (κ3) is 3.22. The largest absolute Gasteiger partial charge is 0.453 e. The maximum atomic E-state index is 10.7. The van der Waals surface area contributed by atoms with E-state index in [-0.39, 0.29) is 5.82 Å². The van der Waals surface area contributed by atoms with Crippen LogP contribution in [0.5, 0.6) is 11.5 Å². The highest BCUT2D eigenvalue weighted by atomic mass is 16.6. The Labute approximate surface area is 137 Å². The van der Waals surface area contributed by atoms with Gasteiger partial charge in [-0.3, -0.25) is 9.67 Å². The summed E-state index contributed by atoms with van der Waals surface area (Å²) in [4.78, 5) is 18.4. The van der Waals surface area contributed by atoms with Crippen LogP contribution in [0.15, 0.2) is 42.9 Å². The van der Waals surface area contributed by atoms with Gasteiger partial charge in [0.1, 0.15) is 5.75 Å². The lowest BCUT2D eigenvalue weighted by Crippen LogP contribution is -1.96. The number of ether oxygens (including phenoxy) is 1. The second kappa shape index (κ2) is 6.45. The topological polar surface area (TPSA) is 96.0 Å². The smallest absolute Gasteiger partial charge is 0.363 e. The lowest BCUT2D eigenvalue weighted by Gasteiger charge is -2.07. The van der Waals surface area contributed by atoms with Gasteiger partial charge >= 0.3 is 5.82 Å². The van der Waals surface area contributed by atoms with E-state index >= 15 is 0 Å².